The molecule has 0 aliphatic carbocycles. The molecule has 0 amide bonds. The monoisotopic (exact) mass is 1390 g/mol. The maximum Gasteiger partial charge on any atom is 0.364 e. The van der Waals surface area contributed by atoms with Crippen LogP contribution in [-0.2, 0) is 75.8 Å². The minimum Gasteiger partial charge on any atom is -0.477 e. The Hall–Kier alpha value is -2.05. The molecule has 554 valence electrons. The second-order valence-corrected chi connectivity index (χ2v) is 25.3. The Morgan fingerprint density at radius 3 is 1.34 bits per heavy atom. The molecule has 0 saturated carbocycles. The lowest BCUT2D eigenvalue weighted by molar-refractivity contribution is -0.403. The minimum absolute atomic E-state index is 0.505. The van der Waals surface area contributed by atoms with Gasteiger partial charge in [-0.05, 0) is 6.92 Å². The molecule has 8 aliphatic heterocycles. The van der Waals surface area contributed by atoms with Crippen molar-refractivity contribution in [2.45, 2.75) is 267 Å². The van der Waals surface area contributed by atoms with Gasteiger partial charge in [0.15, 0.2) is 37.7 Å². The van der Waals surface area contributed by atoms with E-state index in [1.807, 2.05) is 0 Å². The number of aliphatic carboxylic acids is 1. The molecule has 0 aromatic heterocycles. The van der Waals surface area contributed by atoms with Gasteiger partial charge in [0, 0.05) is 24.2 Å². The highest BCUT2D eigenvalue weighted by Crippen LogP contribution is 2.42. The zero-order chi connectivity index (χ0) is 70.1. The first-order chi connectivity index (χ1) is 44.9. The molecule has 8 heterocycles. The molecule has 8 fully saturated rings. The summed E-state index contributed by atoms with van der Waals surface area (Å²) in [4.78, 5) is 12.9. The molecule has 41 atom stereocenters. The van der Waals surface area contributed by atoms with Crippen molar-refractivity contribution in [1.29, 1.82) is 0 Å². The average Bonchev–Trinajstić information content (AvgIpc) is 0.770. The number of aliphatic hydroxyl groups excluding tert-OH is 22. The molecule has 8 saturated heterocycles. The van der Waals surface area contributed by atoms with Gasteiger partial charge in [-0.25, -0.2) is 4.79 Å². The minimum atomic E-state index is -3.12. The van der Waals surface area contributed by atoms with Crippen molar-refractivity contribution in [3.63, 3.8) is 0 Å². The Morgan fingerprint density at radius 1 is 0.432 bits per heavy atom. The number of aliphatic hydroxyl groups is 22. The van der Waals surface area contributed by atoms with Gasteiger partial charge in [0.05, 0.1) is 89.4 Å². The van der Waals surface area contributed by atoms with E-state index in [0.29, 0.717) is 0 Å². The van der Waals surface area contributed by atoms with Crippen LogP contribution in [0, 0.1) is 17.8 Å². The Labute approximate surface area is 541 Å². The average molecular weight is 1390 g/mol. The van der Waals surface area contributed by atoms with E-state index in [1.165, 1.54) is 13.8 Å². The summed E-state index contributed by atoms with van der Waals surface area (Å²) in [7, 11) is 0. The third-order valence-corrected chi connectivity index (χ3v) is 19.1. The van der Waals surface area contributed by atoms with Gasteiger partial charge in [-0.15, -0.1) is 0 Å². The molecule has 40 heteroatoms. The van der Waals surface area contributed by atoms with Crippen LogP contribution in [0.1, 0.15) is 34.1 Å². The van der Waals surface area contributed by atoms with Gasteiger partial charge in [-0.1, -0.05) is 20.8 Å². The highest BCUT2D eigenvalue weighted by molar-refractivity contribution is 5.76. The third kappa shape index (κ3) is 16.3. The van der Waals surface area contributed by atoms with E-state index in [2.05, 4.69) is 0 Å². The van der Waals surface area contributed by atoms with Crippen molar-refractivity contribution < 1.29 is 193 Å². The fourth-order valence-corrected chi connectivity index (χ4v) is 12.8. The van der Waals surface area contributed by atoms with Crippen molar-refractivity contribution >= 4 is 5.97 Å². The quantitative estimate of drug-likeness (QED) is 0.0404. The Morgan fingerprint density at radius 2 is 0.832 bits per heavy atom. The molecule has 8 aliphatic rings. The fraction of sp³-hybridized carbons (Fsp3) is 0.982. The van der Waals surface area contributed by atoms with E-state index < -0.39 is 316 Å². The first kappa shape index (κ1) is 78.7. The number of nitrogens with two attached hydrogens (primary N) is 1. The maximum atomic E-state index is 12.9. The fourth-order valence-electron chi connectivity index (χ4n) is 12.8. The maximum absolute atomic E-state index is 12.9. The van der Waals surface area contributed by atoms with E-state index in [0.717, 1.165) is 0 Å². The number of carboxylic acid groups (broad SMARTS) is 1. The second kappa shape index (κ2) is 33.4. The zero-order valence-corrected chi connectivity index (χ0v) is 51.9. The van der Waals surface area contributed by atoms with Gasteiger partial charge >= 0.3 is 5.97 Å². The van der Waals surface area contributed by atoms with E-state index in [9.17, 15) is 122 Å². The summed E-state index contributed by atoms with van der Waals surface area (Å²) in [6, 6.07) is -1.61. The van der Waals surface area contributed by atoms with E-state index >= 15 is 0 Å². The van der Waals surface area contributed by atoms with Gasteiger partial charge < -0.3 is 194 Å². The molecular weight excluding hydrogens is 1300 g/mol. The molecule has 0 spiro atoms. The Bertz CT molecular complexity index is 2360. The number of rotatable bonds is 25. The molecule has 25 N–H and O–H groups in total. The number of carboxylic acids is 1. The highest BCUT2D eigenvalue weighted by atomic mass is 16.8. The Balaban J connectivity index is 1.03. The van der Waals surface area contributed by atoms with Gasteiger partial charge in [0.25, 0.3) is 5.79 Å². The number of hydrogen-bond acceptors (Lipinski definition) is 39. The summed E-state index contributed by atoms with van der Waals surface area (Å²) in [6.45, 7) is -1.58. The van der Waals surface area contributed by atoms with Crippen LogP contribution < -0.4 is 5.73 Å². The molecule has 0 aromatic rings. The first-order valence-corrected chi connectivity index (χ1v) is 31.2. The van der Waals surface area contributed by atoms with Crippen LogP contribution in [0.3, 0.4) is 0 Å². The predicted molar refractivity (Wildman–Crippen MR) is 297 cm³/mol. The number of ether oxygens (including phenoxy) is 15. The summed E-state index contributed by atoms with van der Waals surface area (Å²) in [6.07, 6.45) is -67.6. The summed E-state index contributed by atoms with van der Waals surface area (Å²) in [5.41, 5.74) is 5.97. The van der Waals surface area contributed by atoms with Crippen LogP contribution >= 0.6 is 0 Å². The lowest BCUT2D eigenvalue weighted by atomic mass is 9.88. The normalized spacial score (nSPS) is 51.6. The van der Waals surface area contributed by atoms with E-state index in [4.69, 9.17) is 76.8 Å². The Kier molecular flexibility index (Phi) is 27.6. The predicted octanol–water partition coefficient (Wildman–Crippen LogP) is -14.4. The molecule has 40 nitrogen and oxygen atoms in total. The van der Waals surface area contributed by atoms with Gasteiger partial charge in [0.2, 0.25) is 0 Å². The zero-order valence-electron chi connectivity index (χ0n) is 51.9. The molecule has 8 rings (SSSR count). The van der Waals surface area contributed by atoms with Crippen LogP contribution in [0.15, 0.2) is 0 Å². The summed E-state index contributed by atoms with van der Waals surface area (Å²) in [5, 5.41) is 251. The summed E-state index contributed by atoms with van der Waals surface area (Å²) >= 11 is 0. The van der Waals surface area contributed by atoms with Crippen LogP contribution in [0.2, 0.25) is 0 Å². The molecule has 0 bridgehead atoms. The van der Waals surface area contributed by atoms with Crippen LogP contribution in [0.25, 0.3) is 0 Å². The lowest BCUT2D eigenvalue weighted by Crippen LogP contribution is -2.70. The smallest absolute Gasteiger partial charge is 0.364 e. The molecule has 95 heavy (non-hydrogen) atoms. The second-order valence-electron chi connectivity index (χ2n) is 25.3. The van der Waals surface area contributed by atoms with Crippen LogP contribution in [-0.4, -0.2) is 409 Å². The third-order valence-electron chi connectivity index (χ3n) is 19.1. The van der Waals surface area contributed by atoms with Crippen molar-refractivity contribution in [2.75, 3.05) is 52.9 Å². The summed E-state index contributed by atoms with van der Waals surface area (Å²) in [5.74, 6) is -8.21. The van der Waals surface area contributed by atoms with Gasteiger partial charge in [-0.2, -0.15) is 0 Å². The van der Waals surface area contributed by atoms with Gasteiger partial charge in [-0.3, -0.25) is 0 Å². The first-order valence-electron chi connectivity index (χ1n) is 31.2. The lowest BCUT2D eigenvalue weighted by Gasteiger charge is -2.51. The van der Waals surface area contributed by atoms with Crippen molar-refractivity contribution in [3.05, 3.63) is 0 Å². The molecule has 16 unspecified atom stereocenters. The standard InChI is InChI=1S/C55H95NO39/c1-14-17(4)82-23(10-61)41(28(14)66)89-48-15(2)29(67)42(24(11-62)86-48)90-51-39(77)45(35(73)26(88-51)13-81-50-38(76)36(74)32(70)20(7-58)83-50)92-53-47(37(75)33(71)21(8-59)85-53)93-49-16(3)30(68)43(25(12-63)87-49)91-52-40(78)46(34(72)22(9-60)84-52)95-55(54(79)80)5-18(64)27(56)44(94-55)31(69)19(65)6-57/h14-53,57-78H,5-13,56H2,1-4H3,(H,79,80)/t14-,15+,16+,17+,18-,19-,20?,21-,22?,23?,24?,25?,26?,27-,28?,29?,30?,31-,32-,33-,34+,35-,36?,37?,38-,39?,40+,41-,42-,43-,44?,45?,46?,47?,48+,49+,50+,51+,52+,53-,55+/m1/s1. The largest absolute Gasteiger partial charge is 0.477 e. The van der Waals surface area contributed by atoms with Gasteiger partial charge in [0.1, 0.15) is 153 Å². The van der Waals surface area contributed by atoms with E-state index in [-0.39, 0.29) is 0 Å². The highest BCUT2D eigenvalue weighted by Gasteiger charge is 2.62. The topological polar surface area (TPSA) is 647 Å². The molecular formula is C55H95NO39. The van der Waals surface area contributed by atoms with Crippen molar-refractivity contribution in [2.24, 2.45) is 23.5 Å². The van der Waals surface area contributed by atoms with Crippen LogP contribution in [0.4, 0.5) is 0 Å². The number of carbonyl (C=O) groups is 1. The van der Waals surface area contributed by atoms with Crippen LogP contribution in [0.5, 0.6) is 0 Å². The summed E-state index contributed by atoms with van der Waals surface area (Å²) < 4.78 is 88.5. The number of hydrogen-bond donors (Lipinski definition) is 24. The van der Waals surface area contributed by atoms with Crippen molar-refractivity contribution in [3.8, 4) is 0 Å². The SMILES string of the molecule is C[C@@H]1OC(CO)[C@@H](O[C@@H]2OC(CO)[C@@H](O[C@@H]3OC(CO[C@H]4OC(CO)[C@@H](O)C(O)[C@H]4O)[C@@H](O)C(O[C@H]4O[C@H](CO)[C@@H](O)C(O)C4O[C@@H]4OC(CO)[C@@H](O[C@@H]5OC(CO)[C@H](O)C(O[C@]6(C(=O)O)C[C@@H](O)[C@@H](N)C([C@H](O)[C@H](O)CO)O6)[C@@H]5O)C(O)[C@@H]4C)C3O)C(O)[C@@H]2C)C(O)[C@@H]1C. The van der Waals surface area contributed by atoms with Crippen molar-refractivity contribution in [1.82, 2.24) is 0 Å². The molecule has 0 aromatic carbocycles. The van der Waals surface area contributed by atoms with E-state index in [1.54, 1.807) is 13.8 Å². The molecule has 0 radical (unpaired) electrons.